The van der Waals surface area contributed by atoms with Crippen molar-refractivity contribution in [2.24, 2.45) is 11.7 Å². The first-order valence-corrected chi connectivity index (χ1v) is 5.25. The van der Waals surface area contributed by atoms with Gasteiger partial charge in [-0.1, -0.05) is 0 Å². The van der Waals surface area contributed by atoms with E-state index in [0.717, 1.165) is 0 Å². The number of anilines is 2. The zero-order chi connectivity index (χ0) is 13.0. The summed E-state index contributed by atoms with van der Waals surface area (Å²) in [6, 6.07) is 7.02. The van der Waals surface area contributed by atoms with E-state index in [4.69, 9.17) is 16.7 Å². The van der Waals surface area contributed by atoms with E-state index in [1.807, 2.05) is 18.9 Å². The van der Waals surface area contributed by atoms with Gasteiger partial charge in [0.1, 0.15) is 0 Å². The smallest absolute Gasteiger partial charge is 0.248 e. The highest BCUT2D eigenvalue weighted by atomic mass is 16.1. The molecule has 1 unspecified atom stereocenters. The Morgan fingerprint density at radius 3 is 2.76 bits per heavy atom. The van der Waals surface area contributed by atoms with Crippen molar-refractivity contribution >= 4 is 17.3 Å². The Morgan fingerprint density at radius 1 is 1.59 bits per heavy atom. The molecule has 0 saturated heterocycles. The zero-order valence-corrected chi connectivity index (χ0v) is 9.97. The number of nitrogen functional groups attached to an aromatic ring is 1. The average molecular weight is 232 g/mol. The van der Waals surface area contributed by atoms with Gasteiger partial charge in [-0.15, -0.1) is 0 Å². The third-order valence-corrected chi connectivity index (χ3v) is 2.49. The number of rotatable bonds is 4. The Kier molecular flexibility index (Phi) is 3.94. The summed E-state index contributed by atoms with van der Waals surface area (Å²) in [5.41, 5.74) is 12.7. The van der Waals surface area contributed by atoms with Crippen LogP contribution in [0.25, 0.3) is 0 Å². The molecule has 0 aliphatic rings. The predicted octanol–water partition coefficient (Wildman–Crippen LogP) is 0.964. The molecule has 0 heterocycles. The maximum absolute atomic E-state index is 11.1. The lowest BCUT2D eigenvalue weighted by atomic mass is 10.1. The Bertz CT molecular complexity index is 464. The van der Waals surface area contributed by atoms with E-state index < -0.39 is 5.91 Å². The Morgan fingerprint density at radius 2 is 2.24 bits per heavy atom. The van der Waals surface area contributed by atoms with Gasteiger partial charge in [0.15, 0.2) is 0 Å². The minimum Gasteiger partial charge on any atom is -0.397 e. The lowest BCUT2D eigenvalue weighted by molar-refractivity contribution is 0.100. The van der Waals surface area contributed by atoms with Crippen LogP contribution in [0.5, 0.6) is 0 Å². The van der Waals surface area contributed by atoms with E-state index in [1.54, 1.807) is 18.2 Å². The molecule has 5 heteroatoms. The van der Waals surface area contributed by atoms with Crippen LogP contribution < -0.4 is 16.4 Å². The highest BCUT2D eigenvalue weighted by Gasteiger charge is 2.11. The van der Waals surface area contributed by atoms with Crippen molar-refractivity contribution < 1.29 is 4.79 Å². The van der Waals surface area contributed by atoms with Crippen molar-refractivity contribution in [1.82, 2.24) is 0 Å². The van der Waals surface area contributed by atoms with Gasteiger partial charge in [-0.25, -0.2) is 0 Å². The summed E-state index contributed by atoms with van der Waals surface area (Å²) in [5, 5.41) is 8.76. The number of nitriles is 1. The predicted molar refractivity (Wildman–Crippen MR) is 67.4 cm³/mol. The SMILES string of the molecule is CC(C#N)CN(C)c1cc(C(N)=O)ccc1N. The normalized spacial score (nSPS) is 11.6. The molecule has 1 amide bonds. The van der Waals surface area contributed by atoms with Crippen molar-refractivity contribution in [2.45, 2.75) is 6.92 Å². The maximum Gasteiger partial charge on any atom is 0.248 e. The monoisotopic (exact) mass is 232 g/mol. The molecule has 0 bridgehead atoms. The number of hydrogen-bond donors (Lipinski definition) is 2. The molecule has 5 nitrogen and oxygen atoms in total. The van der Waals surface area contributed by atoms with Gasteiger partial charge >= 0.3 is 0 Å². The molecule has 1 aromatic rings. The number of nitrogens with zero attached hydrogens (tertiary/aromatic N) is 2. The Balaban J connectivity index is 3.00. The van der Waals surface area contributed by atoms with Crippen molar-refractivity contribution in [3.05, 3.63) is 23.8 Å². The molecular formula is C12H16N4O. The second-order valence-corrected chi connectivity index (χ2v) is 4.05. The minimum atomic E-state index is -0.493. The van der Waals surface area contributed by atoms with Crippen molar-refractivity contribution in [2.75, 3.05) is 24.2 Å². The van der Waals surface area contributed by atoms with Crippen LogP contribution in [0.15, 0.2) is 18.2 Å². The summed E-state index contributed by atoms with van der Waals surface area (Å²) in [6.45, 7) is 2.37. The zero-order valence-electron chi connectivity index (χ0n) is 9.97. The molecule has 0 aromatic heterocycles. The number of carbonyl (C=O) groups is 1. The molecule has 0 saturated carbocycles. The third-order valence-electron chi connectivity index (χ3n) is 2.49. The molecule has 1 atom stereocenters. The number of carbonyl (C=O) groups excluding carboxylic acids is 1. The lowest BCUT2D eigenvalue weighted by Crippen LogP contribution is -2.24. The highest BCUT2D eigenvalue weighted by Crippen LogP contribution is 2.24. The van der Waals surface area contributed by atoms with Gasteiger partial charge in [-0.2, -0.15) is 5.26 Å². The molecule has 1 aromatic carbocycles. The summed E-state index contributed by atoms with van der Waals surface area (Å²) >= 11 is 0. The van der Waals surface area contributed by atoms with Gasteiger partial charge in [0, 0.05) is 19.2 Å². The molecule has 0 fully saturated rings. The van der Waals surface area contributed by atoms with E-state index >= 15 is 0 Å². The van der Waals surface area contributed by atoms with Gasteiger partial charge in [-0.3, -0.25) is 4.79 Å². The van der Waals surface area contributed by atoms with Crippen molar-refractivity contribution in [3.63, 3.8) is 0 Å². The van der Waals surface area contributed by atoms with Gasteiger partial charge in [-0.05, 0) is 25.1 Å². The maximum atomic E-state index is 11.1. The quantitative estimate of drug-likeness (QED) is 0.756. The molecule has 0 spiro atoms. The van der Waals surface area contributed by atoms with E-state index in [2.05, 4.69) is 6.07 Å². The summed E-state index contributed by atoms with van der Waals surface area (Å²) in [6.07, 6.45) is 0. The van der Waals surface area contributed by atoms with Gasteiger partial charge < -0.3 is 16.4 Å². The number of benzene rings is 1. The largest absolute Gasteiger partial charge is 0.397 e. The second kappa shape index (κ2) is 5.21. The molecule has 4 N–H and O–H groups in total. The summed E-state index contributed by atoms with van der Waals surface area (Å²) in [4.78, 5) is 12.9. The number of nitrogens with two attached hydrogens (primary N) is 2. The van der Waals surface area contributed by atoms with Crippen LogP contribution in [0.3, 0.4) is 0 Å². The van der Waals surface area contributed by atoms with E-state index in [-0.39, 0.29) is 5.92 Å². The van der Waals surface area contributed by atoms with Gasteiger partial charge in [0.2, 0.25) is 5.91 Å². The molecule has 1 rings (SSSR count). The summed E-state index contributed by atoms with van der Waals surface area (Å²) < 4.78 is 0. The first kappa shape index (κ1) is 12.8. The van der Waals surface area contributed by atoms with Crippen LogP contribution in [-0.4, -0.2) is 19.5 Å². The highest BCUT2D eigenvalue weighted by molar-refractivity contribution is 5.95. The number of hydrogen-bond acceptors (Lipinski definition) is 4. The minimum absolute atomic E-state index is 0.114. The van der Waals surface area contributed by atoms with E-state index in [9.17, 15) is 4.79 Å². The van der Waals surface area contributed by atoms with Crippen LogP contribution in [-0.2, 0) is 0 Å². The number of amides is 1. The summed E-state index contributed by atoms with van der Waals surface area (Å²) in [5.74, 6) is -0.607. The molecule has 0 radical (unpaired) electrons. The van der Waals surface area contributed by atoms with Crippen molar-refractivity contribution in [3.8, 4) is 6.07 Å². The molecule has 17 heavy (non-hydrogen) atoms. The first-order chi connectivity index (χ1) is 7.95. The van der Waals surface area contributed by atoms with Crippen LogP contribution in [0.1, 0.15) is 17.3 Å². The van der Waals surface area contributed by atoms with Crippen molar-refractivity contribution in [1.29, 1.82) is 5.26 Å². The lowest BCUT2D eigenvalue weighted by Gasteiger charge is -2.22. The fourth-order valence-corrected chi connectivity index (χ4v) is 1.58. The molecular weight excluding hydrogens is 216 g/mol. The average Bonchev–Trinajstić information content (AvgIpc) is 2.28. The van der Waals surface area contributed by atoms with Crippen LogP contribution in [0.2, 0.25) is 0 Å². The molecule has 0 aliphatic carbocycles. The van der Waals surface area contributed by atoms with E-state index in [1.165, 1.54) is 0 Å². The summed E-state index contributed by atoms with van der Waals surface area (Å²) in [7, 11) is 1.82. The van der Waals surface area contributed by atoms with Crippen LogP contribution in [0.4, 0.5) is 11.4 Å². The fourth-order valence-electron chi connectivity index (χ4n) is 1.58. The molecule has 90 valence electrons. The molecule has 0 aliphatic heterocycles. The van der Waals surface area contributed by atoms with Crippen LogP contribution >= 0.6 is 0 Å². The third kappa shape index (κ3) is 3.11. The fraction of sp³-hybridized carbons (Fsp3) is 0.333. The second-order valence-electron chi connectivity index (χ2n) is 4.05. The number of primary amides is 1. The topological polar surface area (TPSA) is 96.1 Å². The van der Waals surface area contributed by atoms with E-state index in [0.29, 0.717) is 23.5 Å². The van der Waals surface area contributed by atoms with Gasteiger partial charge in [0.05, 0.1) is 23.4 Å². The first-order valence-electron chi connectivity index (χ1n) is 5.25. The standard InChI is InChI=1S/C12H16N4O/c1-8(6-13)7-16(2)11-5-9(12(15)17)3-4-10(11)14/h3-5,8H,7,14H2,1-2H3,(H2,15,17). The Hall–Kier alpha value is -2.22. The van der Waals surface area contributed by atoms with Crippen LogP contribution in [0, 0.1) is 17.2 Å². The Labute approximate surface area is 101 Å². The van der Waals surface area contributed by atoms with Gasteiger partial charge in [0.25, 0.3) is 0 Å².